The first-order valence-electron chi connectivity index (χ1n) is 9.82. The van der Waals surface area contributed by atoms with Crippen LogP contribution in [0.5, 0.6) is 11.5 Å². The number of thioether (sulfide) groups is 1. The number of carbonyl (C=O) groups excluding carboxylic acids is 1. The minimum absolute atomic E-state index is 0.0442. The van der Waals surface area contributed by atoms with Crippen LogP contribution in [0.4, 0.5) is 0 Å². The molecule has 0 aliphatic carbocycles. The minimum atomic E-state index is -0.278. The smallest absolute Gasteiger partial charge is 0.251 e. The van der Waals surface area contributed by atoms with Crippen molar-refractivity contribution in [3.8, 4) is 11.5 Å². The number of amides is 1. The number of nitrogens with one attached hydrogen (secondary N) is 2. The van der Waals surface area contributed by atoms with Crippen molar-refractivity contribution >= 4 is 17.7 Å². The van der Waals surface area contributed by atoms with Crippen LogP contribution in [0.2, 0.25) is 0 Å². The molecule has 0 unspecified atom stereocenters. The molecule has 0 fully saturated rings. The second kappa shape index (κ2) is 11.2. The molecule has 3 aromatic rings. The molecule has 2 N–H and O–H groups in total. The van der Waals surface area contributed by atoms with E-state index in [-0.39, 0.29) is 17.9 Å². The fraction of sp³-hybridized carbons (Fsp3) is 0.261. The van der Waals surface area contributed by atoms with E-state index in [0.717, 1.165) is 22.6 Å². The Morgan fingerprint density at radius 2 is 1.94 bits per heavy atom. The number of ether oxygens (including phenoxy) is 2. The lowest BCUT2D eigenvalue weighted by molar-refractivity contribution is -0.120. The van der Waals surface area contributed by atoms with Crippen LogP contribution >= 0.6 is 11.8 Å². The number of benzene rings is 2. The normalized spacial score (nSPS) is 10.5. The Labute approximate surface area is 185 Å². The molecule has 0 atom stereocenters. The average Bonchev–Trinajstić information content (AvgIpc) is 2.78. The van der Waals surface area contributed by atoms with Crippen LogP contribution in [0.1, 0.15) is 16.8 Å². The monoisotopic (exact) mass is 439 g/mol. The number of H-pyrrole nitrogens is 1. The zero-order chi connectivity index (χ0) is 22.1. The second-order valence-electron chi connectivity index (χ2n) is 6.77. The fourth-order valence-corrected chi connectivity index (χ4v) is 3.87. The van der Waals surface area contributed by atoms with Gasteiger partial charge in [-0.15, -0.1) is 0 Å². The molecule has 3 rings (SSSR count). The molecule has 0 saturated heterocycles. The van der Waals surface area contributed by atoms with Crippen molar-refractivity contribution in [1.29, 1.82) is 0 Å². The number of rotatable bonds is 10. The third kappa shape index (κ3) is 6.89. The number of nitrogens with zero attached hydrogens (tertiary/aromatic N) is 1. The first-order valence-corrected chi connectivity index (χ1v) is 10.8. The number of carbonyl (C=O) groups is 1. The van der Waals surface area contributed by atoms with Gasteiger partial charge in [-0.3, -0.25) is 9.59 Å². The van der Waals surface area contributed by atoms with E-state index in [2.05, 4.69) is 15.3 Å². The Hall–Kier alpha value is -3.26. The van der Waals surface area contributed by atoms with Crippen LogP contribution in [0.25, 0.3) is 0 Å². The molecule has 0 saturated carbocycles. The minimum Gasteiger partial charge on any atom is -0.497 e. The number of aromatic amines is 1. The lowest BCUT2D eigenvalue weighted by Gasteiger charge is -2.09. The predicted octanol–water partition coefficient (Wildman–Crippen LogP) is 2.98. The Balaban J connectivity index is 1.54. The Morgan fingerprint density at radius 3 is 2.74 bits per heavy atom. The first-order chi connectivity index (χ1) is 15.1. The van der Waals surface area contributed by atoms with E-state index in [0.29, 0.717) is 29.6 Å². The summed E-state index contributed by atoms with van der Waals surface area (Å²) in [4.78, 5) is 31.5. The Kier molecular flexibility index (Phi) is 8.12. The summed E-state index contributed by atoms with van der Waals surface area (Å²) in [6.45, 7) is 0.472. The fourth-order valence-electron chi connectivity index (χ4n) is 3.03. The first kappa shape index (κ1) is 22.4. The highest BCUT2D eigenvalue weighted by molar-refractivity contribution is 7.98. The van der Waals surface area contributed by atoms with Crippen molar-refractivity contribution in [3.05, 3.63) is 81.8 Å². The summed E-state index contributed by atoms with van der Waals surface area (Å²) in [6.07, 6.45) is 0.697. The van der Waals surface area contributed by atoms with Gasteiger partial charge in [0, 0.05) is 18.4 Å². The molecular weight excluding hydrogens is 414 g/mol. The summed E-state index contributed by atoms with van der Waals surface area (Å²) < 4.78 is 10.6. The topological polar surface area (TPSA) is 93.3 Å². The molecule has 0 spiro atoms. The Bertz CT molecular complexity index is 1080. The number of aromatic nitrogens is 2. The van der Waals surface area contributed by atoms with Gasteiger partial charge in [0.05, 0.1) is 26.3 Å². The quantitative estimate of drug-likeness (QED) is 0.373. The second-order valence-corrected chi connectivity index (χ2v) is 7.73. The van der Waals surface area contributed by atoms with Crippen molar-refractivity contribution in [2.45, 2.75) is 23.8 Å². The van der Waals surface area contributed by atoms with E-state index >= 15 is 0 Å². The third-order valence-electron chi connectivity index (χ3n) is 4.53. The van der Waals surface area contributed by atoms with Crippen LogP contribution in [-0.2, 0) is 23.4 Å². The third-order valence-corrected chi connectivity index (χ3v) is 5.48. The molecule has 31 heavy (non-hydrogen) atoms. The van der Waals surface area contributed by atoms with E-state index in [9.17, 15) is 9.59 Å². The molecule has 7 nitrogen and oxygen atoms in total. The van der Waals surface area contributed by atoms with Gasteiger partial charge >= 0.3 is 0 Å². The standard InChI is InChI=1S/C23H25N3O4S/c1-29-19-8-5-6-16(12-19)15-31-23-25-18(14-22(28)26-23)13-21(27)24-11-10-17-7-3-4-9-20(17)30-2/h3-9,12,14H,10-11,13,15H2,1-2H3,(H,24,27)(H,25,26,28). The molecule has 0 aliphatic rings. The molecule has 1 heterocycles. The van der Waals surface area contributed by atoms with Gasteiger partial charge in [-0.1, -0.05) is 42.1 Å². The summed E-state index contributed by atoms with van der Waals surface area (Å²) in [7, 11) is 3.25. The maximum atomic E-state index is 12.3. The van der Waals surface area contributed by atoms with Gasteiger partial charge in [-0.25, -0.2) is 4.98 Å². The van der Waals surface area contributed by atoms with Crippen molar-refractivity contribution in [2.75, 3.05) is 20.8 Å². The maximum Gasteiger partial charge on any atom is 0.251 e. The summed E-state index contributed by atoms with van der Waals surface area (Å²) in [5.41, 5.74) is 2.23. The number of hydrogen-bond acceptors (Lipinski definition) is 6. The highest BCUT2D eigenvalue weighted by atomic mass is 32.2. The van der Waals surface area contributed by atoms with Crippen LogP contribution < -0.4 is 20.3 Å². The molecule has 0 bridgehead atoms. The SMILES string of the molecule is COc1cccc(CSc2nc(CC(=O)NCCc3ccccc3OC)cc(=O)[nH]2)c1. The van der Waals surface area contributed by atoms with E-state index in [4.69, 9.17) is 9.47 Å². The largest absolute Gasteiger partial charge is 0.497 e. The summed E-state index contributed by atoms with van der Waals surface area (Å²) in [5.74, 6) is 2.01. The van der Waals surface area contributed by atoms with Gasteiger partial charge in [0.1, 0.15) is 11.5 Å². The van der Waals surface area contributed by atoms with Gasteiger partial charge < -0.3 is 19.8 Å². The molecule has 0 radical (unpaired) electrons. The average molecular weight is 440 g/mol. The van der Waals surface area contributed by atoms with Crippen LogP contribution in [0.15, 0.2) is 64.5 Å². The maximum absolute atomic E-state index is 12.3. The molecular formula is C23H25N3O4S. The molecule has 1 amide bonds. The Morgan fingerprint density at radius 1 is 1.10 bits per heavy atom. The van der Waals surface area contributed by atoms with E-state index in [1.165, 1.54) is 17.8 Å². The van der Waals surface area contributed by atoms with Gasteiger partial charge in [0.25, 0.3) is 5.56 Å². The number of methoxy groups -OCH3 is 2. The molecule has 8 heteroatoms. The van der Waals surface area contributed by atoms with Crippen molar-refractivity contribution in [1.82, 2.24) is 15.3 Å². The zero-order valence-electron chi connectivity index (χ0n) is 17.5. The van der Waals surface area contributed by atoms with Crippen LogP contribution in [0, 0.1) is 0 Å². The number of para-hydroxylation sites is 1. The molecule has 0 aliphatic heterocycles. The molecule has 162 valence electrons. The highest BCUT2D eigenvalue weighted by Gasteiger charge is 2.09. The molecule has 2 aromatic carbocycles. The van der Waals surface area contributed by atoms with E-state index in [1.807, 2.05) is 48.5 Å². The summed E-state index contributed by atoms with van der Waals surface area (Å²) >= 11 is 1.40. The summed E-state index contributed by atoms with van der Waals surface area (Å²) in [5, 5.41) is 3.35. The van der Waals surface area contributed by atoms with Gasteiger partial charge in [0.15, 0.2) is 5.16 Å². The van der Waals surface area contributed by atoms with E-state index < -0.39 is 0 Å². The predicted molar refractivity (Wildman–Crippen MR) is 121 cm³/mol. The van der Waals surface area contributed by atoms with Gasteiger partial charge in [-0.05, 0) is 35.7 Å². The lowest BCUT2D eigenvalue weighted by atomic mass is 10.1. The van der Waals surface area contributed by atoms with Crippen molar-refractivity contribution in [2.24, 2.45) is 0 Å². The molecule has 1 aromatic heterocycles. The van der Waals surface area contributed by atoms with Crippen LogP contribution in [0.3, 0.4) is 0 Å². The zero-order valence-corrected chi connectivity index (χ0v) is 18.3. The van der Waals surface area contributed by atoms with Crippen LogP contribution in [-0.4, -0.2) is 36.6 Å². The van der Waals surface area contributed by atoms with Crippen molar-refractivity contribution < 1.29 is 14.3 Å². The lowest BCUT2D eigenvalue weighted by Crippen LogP contribution is -2.28. The summed E-state index contributed by atoms with van der Waals surface area (Å²) in [6, 6.07) is 16.8. The van der Waals surface area contributed by atoms with E-state index in [1.54, 1.807) is 14.2 Å². The van der Waals surface area contributed by atoms with Gasteiger partial charge in [-0.2, -0.15) is 0 Å². The highest BCUT2D eigenvalue weighted by Crippen LogP contribution is 2.21. The number of hydrogen-bond donors (Lipinski definition) is 2. The van der Waals surface area contributed by atoms with Crippen molar-refractivity contribution in [3.63, 3.8) is 0 Å². The van der Waals surface area contributed by atoms with Gasteiger partial charge in [0.2, 0.25) is 5.91 Å².